The molecule has 4 N–H and O–H groups in total. The summed E-state index contributed by atoms with van der Waals surface area (Å²) in [6.07, 6.45) is 1.76. The molecule has 0 bridgehead atoms. The van der Waals surface area contributed by atoms with Crippen molar-refractivity contribution in [1.82, 2.24) is 9.97 Å². The van der Waals surface area contributed by atoms with Crippen LogP contribution in [0.15, 0.2) is 40.3 Å². The quantitative estimate of drug-likeness (QED) is 0.580. The van der Waals surface area contributed by atoms with Gasteiger partial charge in [-0.3, -0.25) is 14.6 Å². The Morgan fingerprint density at radius 2 is 2.05 bits per heavy atom. The molecule has 1 heterocycles. The van der Waals surface area contributed by atoms with Crippen LogP contribution in [-0.4, -0.2) is 22.1 Å². The van der Waals surface area contributed by atoms with E-state index in [9.17, 15) is 9.59 Å². The van der Waals surface area contributed by atoms with Crippen molar-refractivity contribution in [1.29, 1.82) is 0 Å². The highest BCUT2D eigenvalue weighted by molar-refractivity contribution is 7.98. The Labute approximate surface area is 113 Å². The third kappa shape index (κ3) is 2.94. The molecule has 0 aliphatic rings. The summed E-state index contributed by atoms with van der Waals surface area (Å²) in [4.78, 5) is 30.2. The number of nitrogen functional groups attached to an aromatic ring is 1. The van der Waals surface area contributed by atoms with E-state index in [1.54, 1.807) is 36.6 Å². The number of nitrogens with zero attached hydrogens (tertiary/aromatic N) is 1. The Morgan fingerprint density at radius 1 is 1.37 bits per heavy atom. The number of H-pyrrole nitrogens is 1. The van der Waals surface area contributed by atoms with E-state index in [-0.39, 0.29) is 11.5 Å². The number of thioether (sulfide) groups is 1. The van der Waals surface area contributed by atoms with Crippen LogP contribution in [0, 0.1) is 0 Å². The number of carbonyl (C=O) groups excluding carboxylic acids is 1. The topological polar surface area (TPSA) is 101 Å². The Kier molecular flexibility index (Phi) is 3.86. The molecular weight excluding hydrogens is 264 g/mol. The van der Waals surface area contributed by atoms with E-state index < -0.39 is 11.5 Å². The summed E-state index contributed by atoms with van der Waals surface area (Å²) in [5, 5.41) is 2.87. The number of hydrogen-bond acceptors (Lipinski definition) is 5. The Morgan fingerprint density at radius 3 is 2.63 bits per heavy atom. The van der Waals surface area contributed by atoms with Gasteiger partial charge in [0, 0.05) is 5.56 Å². The molecule has 0 radical (unpaired) electrons. The first kappa shape index (κ1) is 13.2. The van der Waals surface area contributed by atoms with E-state index in [0.29, 0.717) is 10.7 Å². The first-order valence-corrected chi connectivity index (χ1v) is 6.64. The molecule has 0 aliphatic carbocycles. The second-order valence-corrected chi connectivity index (χ2v) is 4.45. The van der Waals surface area contributed by atoms with Gasteiger partial charge in [0.1, 0.15) is 5.69 Å². The van der Waals surface area contributed by atoms with Gasteiger partial charge in [-0.05, 0) is 18.4 Å². The van der Waals surface area contributed by atoms with Gasteiger partial charge in [0.25, 0.3) is 11.5 Å². The molecule has 98 valence electrons. The van der Waals surface area contributed by atoms with Gasteiger partial charge < -0.3 is 11.1 Å². The monoisotopic (exact) mass is 276 g/mol. The van der Waals surface area contributed by atoms with Crippen molar-refractivity contribution in [2.24, 2.45) is 0 Å². The van der Waals surface area contributed by atoms with Crippen LogP contribution >= 0.6 is 11.8 Å². The van der Waals surface area contributed by atoms with Gasteiger partial charge in [-0.25, -0.2) is 4.98 Å². The molecule has 1 aromatic heterocycles. The van der Waals surface area contributed by atoms with E-state index in [2.05, 4.69) is 15.3 Å². The van der Waals surface area contributed by atoms with Gasteiger partial charge in [-0.15, -0.1) is 0 Å². The lowest BCUT2D eigenvalue weighted by Gasteiger charge is -2.07. The normalized spacial score (nSPS) is 10.2. The zero-order chi connectivity index (χ0) is 13.8. The van der Waals surface area contributed by atoms with Gasteiger partial charge >= 0.3 is 0 Å². The van der Waals surface area contributed by atoms with E-state index >= 15 is 0 Å². The molecule has 0 saturated heterocycles. The van der Waals surface area contributed by atoms with E-state index in [0.717, 1.165) is 0 Å². The van der Waals surface area contributed by atoms with Crippen LogP contribution in [0.2, 0.25) is 0 Å². The second-order valence-electron chi connectivity index (χ2n) is 3.66. The number of carbonyl (C=O) groups is 1. The van der Waals surface area contributed by atoms with Crippen molar-refractivity contribution in [3.8, 4) is 0 Å². The van der Waals surface area contributed by atoms with Gasteiger partial charge in [-0.2, -0.15) is 0 Å². The van der Waals surface area contributed by atoms with E-state index in [1.807, 2.05) is 0 Å². The fraction of sp³-hybridized carbons (Fsp3) is 0.0833. The number of rotatable bonds is 3. The highest BCUT2D eigenvalue weighted by atomic mass is 32.2. The smallest absolute Gasteiger partial charge is 0.277 e. The maximum atomic E-state index is 11.9. The predicted octanol–water partition coefficient (Wildman–Crippen LogP) is 1.33. The summed E-state index contributed by atoms with van der Waals surface area (Å²) in [5.74, 6) is -0.408. The molecule has 0 spiro atoms. The molecule has 0 aliphatic heterocycles. The Hall–Kier alpha value is -2.28. The number of nitrogens with one attached hydrogen (secondary N) is 2. The molecule has 0 saturated carbocycles. The number of anilines is 2. The molecule has 2 aromatic rings. The van der Waals surface area contributed by atoms with Crippen molar-refractivity contribution in [2.45, 2.75) is 5.16 Å². The van der Waals surface area contributed by atoms with Gasteiger partial charge in [0.15, 0.2) is 11.0 Å². The molecule has 7 heteroatoms. The lowest BCUT2D eigenvalue weighted by Crippen LogP contribution is -2.22. The first-order chi connectivity index (χ1) is 9.11. The molecule has 0 unspecified atom stereocenters. The molecule has 1 aromatic carbocycles. The lowest BCUT2D eigenvalue weighted by atomic mass is 10.2. The largest absolute Gasteiger partial charge is 0.382 e. The maximum absolute atomic E-state index is 11.9. The number of benzene rings is 1. The summed E-state index contributed by atoms with van der Waals surface area (Å²) in [6.45, 7) is 0. The highest BCUT2D eigenvalue weighted by Gasteiger charge is 2.13. The molecule has 6 nitrogen and oxygen atoms in total. The third-order valence-electron chi connectivity index (χ3n) is 2.39. The van der Waals surface area contributed by atoms with Crippen molar-refractivity contribution in [3.63, 3.8) is 0 Å². The Bertz CT molecular complexity index is 655. The van der Waals surface area contributed by atoms with E-state index in [4.69, 9.17) is 5.73 Å². The second kappa shape index (κ2) is 5.57. The molecule has 19 heavy (non-hydrogen) atoms. The summed E-state index contributed by atoms with van der Waals surface area (Å²) >= 11 is 1.26. The predicted molar refractivity (Wildman–Crippen MR) is 75.4 cm³/mol. The average molecular weight is 276 g/mol. The minimum atomic E-state index is -0.471. The zero-order valence-corrected chi connectivity index (χ0v) is 11.0. The van der Waals surface area contributed by atoms with Crippen LogP contribution in [-0.2, 0) is 0 Å². The first-order valence-electron chi connectivity index (χ1n) is 5.42. The van der Waals surface area contributed by atoms with Crippen LogP contribution in [0.25, 0.3) is 0 Å². The van der Waals surface area contributed by atoms with Crippen LogP contribution in [0.3, 0.4) is 0 Å². The van der Waals surface area contributed by atoms with Crippen molar-refractivity contribution < 1.29 is 4.79 Å². The SMILES string of the molecule is CSc1nc(N)c(NC(=O)c2ccccc2)c(=O)[nH]1. The lowest BCUT2D eigenvalue weighted by molar-refractivity contribution is 0.102. The molecule has 0 fully saturated rings. The summed E-state index contributed by atoms with van der Waals surface area (Å²) in [5.41, 5.74) is 5.60. The minimum Gasteiger partial charge on any atom is -0.382 e. The maximum Gasteiger partial charge on any atom is 0.277 e. The fourth-order valence-electron chi connectivity index (χ4n) is 1.46. The van der Waals surface area contributed by atoms with Gasteiger partial charge in [-0.1, -0.05) is 30.0 Å². The Balaban J connectivity index is 2.30. The van der Waals surface area contributed by atoms with Gasteiger partial charge in [0.05, 0.1) is 0 Å². The molecule has 1 amide bonds. The minimum absolute atomic E-state index is 0.00242. The van der Waals surface area contributed by atoms with E-state index in [1.165, 1.54) is 11.8 Å². The molecule has 0 atom stereocenters. The van der Waals surface area contributed by atoms with Crippen LogP contribution < -0.4 is 16.6 Å². The number of amides is 1. The fourth-order valence-corrected chi connectivity index (χ4v) is 1.85. The zero-order valence-electron chi connectivity index (χ0n) is 10.1. The number of hydrogen-bond donors (Lipinski definition) is 3. The number of aromatic amines is 1. The van der Waals surface area contributed by atoms with Crippen LogP contribution in [0.5, 0.6) is 0 Å². The standard InChI is InChI=1S/C12H12N4O2S/c1-19-12-15-9(13)8(11(18)16-12)14-10(17)7-5-3-2-4-6-7/h2-6H,1H3,(H,14,17)(H3,13,15,16,18). The third-order valence-corrected chi connectivity index (χ3v) is 2.97. The molecule has 2 rings (SSSR count). The average Bonchev–Trinajstić information content (AvgIpc) is 2.43. The number of nitrogens with two attached hydrogens (primary N) is 1. The number of aromatic nitrogens is 2. The summed E-state index contributed by atoms with van der Waals surface area (Å²) in [7, 11) is 0. The summed E-state index contributed by atoms with van der Waals surface area (Å²) in [6, 6.07) is 8.55. The highest BCUT2D eigenvalue weighted by Crippen LogP contribution is 2.14. The van der Waals surface area contributed by atoms with Crippen molar-refractivity contribution >= 4 is 29.2 Å². The molecular formula is C12H12N4O2S. The van der Waals surface area contributed by atoms with Crippen LogP contribution in [0.1, 0.15) is 10.4 Å². The summed E-state index contributed by atoms with van der Waals surface area (Å²) < 4.78 is 0. The van der Waals surface area contributed by atoms with Gasteiger partial charge in [0.2, 0.25) is 0 Å². The van der Waals surface area contributed by atoms with Crippen LogP contribution in [0.4, 0.5) is 11.5 Å². The van der Waals surface area contributed by atoms with Crippen molar-refractivity contribution in [3.05, 3.63) is 46.2 Å². The van der Waals surface area contributed by atoms with Crippen molar-refractivity contribution in [2.75, 3.05) is 17.3 Å².